The Bertz CT molecular complexity index is 1260. The van der Waals surface area contributed by atoms with Gasteiger partial charge in [-0.1, -0.05) is 108 Å². The molecule has 8 nitrogen and oxygen atoms in total. The molecule has 0 aliphatic rings. The zero-order chi connectivity index (χ0) is 26.4. The Kier molecular flexibility index (Phi) is 10.4. The number of nitrogens with one attached hydrogen (secondary N) is 2. The highest BCUT2D eigenvalue weighted by atomic mass is 32.1. The molecule has 194 valence electrons. The van der Waals surface area contributed by atoms with Crippen molar-refractivity contribution >= 4 is 56.9 Å². The number of benzene rings is 2. The lowest BCUT2D eigenvalue weighted by atomic mass is 10.2. The molecule has 0 spiro atoms. The van der Waals surface area contributed by atoms with Crippen molar-refractivity contribution in [3.05, 3.63) is 94.0 Å². The molecule has 0 saturated heterocycles. The third-order valence-corrected chi connectivity index (χ3v) is 7.08. The summed E-state index contributed by atoms with van der Waals surface area (Å²) in [5.74, 6) is -0.238. The fourth-order valence-corrected chi connectivity index (χ4v) is 5.03. The lowest BCUT2D eigenvalue weighted by Crippen LogP contribution is -2.09. The molecule has 38 heavy (non-hydrogen) atoms. The predicted molar refractivity (Wildman–Crippen MR) is 154 cm³/mol. The molecule has 0 unspecified atom stereocenters. The molecule has 10 heteroatoms. The topological polar surface area (TPSA) is 110 Å². The first-order valence-corrected chi connectivity index (χ1v) is 13.9. The van der Waals surface area contributed by atoms with E-state index in [1.807, 2.05) is 85.0 Å². The minimum Gasteiger partial charge on any atom is -0.300 e. The van der Waals surface area contributed by atoms with Crippen LogP contribution in [-0.2, 0) is 22.4 Å². The number of aryl methyl sites for hydroxylation is 2. The van der Waals surface area contributed by atoms with E-state index in [1.165, 1.54) is 22.7 Å². The first-order chi connectivity index (χ1) is 18.6. The Morgan fingerprint density at radius 3 is 1.47 bits per heavy atom. The zero-order valence-corrected chi connectivity index (χ0v) is 22.4. The standard InChI is InChI=1S/C28H28N6O2S2/c35-23(17-9-15-21-11-3-1-4-12-21)29-27-33-31-25(37-27)19-7-8-20-26-32-34-28(38-26)30-24(36)18-10-16-22-13-5-2-6-14-22/h1-6,9-16H,7-8,17-20H2,(H,29,33,35)(H,30,34,36). The van der Waals surface area contributed by atoms with E-state index in [-0.39, 0.29) is 24.7 Å². The summed E-state index contributed by atoms with van der Waals surface area (Å²) in [6.45, 7) is 0. The van der Waals surface area contributed by atoms with E-state index < -0.39 is 0 Å². The largest absolute Gasteiger partial charge is 0.300 e. The summed E-state index contributed by atoms with van der Waals surface area (Å²) in [4.78, 5) is 24.3. The van der Waals surface area contributed by atoms with Gasteiger partial charge < -0.3 is 10.6 Å². The normalized spacial score (nSPS) is 11.3. The van der Waals surface area contributed by atoms with Gasteiger partial charge in [-0.05, 0) is 24.0 Å². The van der Waals surface area contributed by atoms with Gasteiger partial charge >= 0.3 is 0 Å². The minimum absolute atomic E-state index is 0.119. The average Bonchev–Trinajstić information content (AvgIpc) is 3.57. The van der Waals surface area contributed by atoms with Crippen molar-refractivity contribution in [3.63, 3.8) is 0 Å². The third-order valence-electron chi connectivity index (χ3n) is 5.28. The van der Waals surface area contributed by atoms with Gasteiger partial charge in [0.15, 0.2) is 0 Å². The van der Waals surface area contributed by atoms with E-state index in [0.29, 0.717) is 10.3 Å². The van der Waals surface area contributed by atoms with Crippen molar-refractivity contribution in [2.24, 2.45) is 0 Å². The van der Waals surface area contributed by atoms with E-state index in [2.05, 4.69) is 31.0 Å². The van der Waals surface area contributed by atoms with E-state index in [0.717, 1.165) is 46.8 Å². The highest BCUT2D eigenvalue weighted by Crippen LogP contribution is 2.20. The summed E-state index contributed by atoms with van der Waals surface area (Å²) in [6.07, 6.45) is 11.4. The van der Waals surface area contributed by atoms with Crippen LogP contribution in [0.15, 0.2) is 72.8 Å². The van der Waals surface area contributed by atoms with Crippen LogP contribution in [0.2, 0.25) is 0 Å². The lowest BCUT2D eigenvalue weighted by Gasteiger charge is -1.98. The van der Waals surface area contributed by atoms with Crippen molar-refractivity contribution in [1.82, 2.24) is 20.4 Å². The number of carbonyl (C=O) groups excluding carboxylic acids is 2. The van der Waals surface area contributed by atoms with Gasteiger partial charge in [0.2, 0.25) is 22.1 Å². The molecule has 0 fully saturated rings. The fourth-order valence-electron chi connectivity index (χ4n) is 3.44. The fraction of sp³-hybridized carbons (Fsp3) is 0.214. The molecule has 0 bridgehead atoms. The molecule has 0 atom stereocenters. The van der Waals surface area contributed by atoms with Gasteiger partial charge in [0.25, 0.3) is 0 Å². The second-order valence-corrected chi connectivity index (χ2v) is 10.5. The molecule has 2 N–H and O–H groups in total. The summed E-state index contributed by atoms with van der Waals surface area (Å²) in [7, 11) is 0. The Morgan fingerprint density at radius 2 is 1.05 bits per heavy atom. The first kappa shape index (κ1) is 27.0. The van der Waals surface area contributed by atoms with Crippen LogP contribution in [0, 0.1) is 0 Å². The van der Waals surface area contributed by atoms with Crippen LogP contribution in [0.5, 0.6) is 0 Å². The molecular weight excluding hydrogens is 516 g/mol. The molecule has 2 aromatic heterocycles. The number of aromatic nitrogens is 4. The van der Waals surface area contributed by atoms with Gasteiger partial charge in [-0.3, -0.25) is 9.59 Å². The van der Waals surface area contributed by atoms with Crippen molar-refractivity contribution in [2.45, 2.75) is 38.5 Å². The zero-order valence-electron chi connectivity index (χ0n) is 20.7. The van der Waals surface area contributed by atoms with E-state index in [4.69, 9.17) is 0 Å². The minimum atomic E-state index is -0.119. The summed E-state index contributed by atoms with van der Waals surface area (Å²) in [5, 5.41) is 24.9. The Morgan fingerprint density at radius 1 is 0.632 bits per heavy atom. The number of nitrogens with zero attached hydrogens (tertiary/aromatic N) is 4. The highest BCUT2D eigenvalue weighted by molar-refractivity contribution is 7.15. The molecule has 2 amide bonds. The van der Waals surface area contributed by atoms with Crippen molar-refractivity contribution < 1.29 is 9.59 Å². The van der Waals surface area contributed by atoms with Crippen molar-refractivity contribution in [1.29, 1.82) is 0 Å². The maximum absolute atomic E-state index is 12.1. The molecule has 4 rings (SSSR count). The lowest BCUT2D eigenvalue weighted by molar-refractivity contribution is -0.116. The molecule has 2 aromatic carbocycles. The van der Waals surface area contributed by atoms with E-state index in [1.54, 1.807) is 0 Å². The quantitative estimate of drug-likeness (QED) is 0.199. The molecular formula is C28H28N6O2S2. The summed E-state index contributed by atoms with van der Waals surface area (Å²) >= 11 is 2.79. The Labute approximate surface area is 229 Å². The second-order valence-electron chi connectivity index (χ2n) is 8.34. The van der Waals surface area contributed by atoms with Gasteiger partial charge in [0.05, 0.1) is 0 Å². The monoisotopic (exact) mass is 544 g/mol. The van der Waals surface area contributed by atoms with Gasteiger partial charge in [0.1, 0.15) is 10.0 Å². The number of hydrogen-bond donors (Lipinski definition) is 2. The molecule has 0 aliphatic heterocycles. The summed E-state index contributed by atoms with van der Waals surface area (Å²) in [6, 6.07) is 19.7. The van der Waals surface area contributed by atoms with Crippen LogP contribution >= 0.6 is 22.7 Å². The number of carbonyl (C=O) groups is 2. The highest BCUT2D eigenvalue weighted by Gasteiger charge is 2.09. The van der Waals surface area contributed by atoms with Gasteiger partial charge in [-0.2, -0.15) is 0 Å². The number of amides is 2. The number of unbranched alkanes of at least 4 members (excludes halogenated alkanes) is 1. The van der Waals surface area contributed by atoms with Crippen molar-refractivity contribution in [2.75, 3.05) is 10.6 Å². The number of hydrogen-bond acceptors (Lipinski definition) is 8. The maximum atomic E-state index is 12.1. The number of rotatable bonds is 13. The average molecular weight is 545 g/mol. The third kappa shape index (κ3) is 9.45. The first-order valence-electron chi connectivity index (χ1n) is 12.3. The summed E-state index contributed by atoms with van der Waals surface area (Å²) < 4.78 is 0. The Hall–Kier alpha value is -4.02. The number of anilines is 2. The van der Waals surface area contributed by atoms with Crippen LogP contribution in [0.25, 0.3) is 12.2 Å². The van der Waals surface area contributed by atoms with Crippen LogP contribution in [-0.4, -0.2) is 32.2 Å². The SMILES string of the molecule is O=C(CC=Cc1ccccc1)Nc1nnc(CCCCc2nnc(NC(=O)CC=Cc3ccccc3)s2)s1. The smallest absolute Gasteiger partial charge is 0.230 e. The van der Waals surface area contributed by atoms with Crippen LogP contribution in [0.3, 0.4) is 0 Å². The summed E-state index contributed by atoms with van der Waals surface area (Å²) in [5.41, 5.74) is 2.11. The van der Waals surface area contributed by atoms with E-state index in [9.17, 15) is 9.59 Å². The Balaban J connectivity index is 1.11. The van der Waals surface area contributed by atoms with Crippen LogP contribution < -0.4 is 10.6 Å². The van der Waals surface area contributed by atoms with Gasteiger partial charge in [-0.15, -0.1) is 20.4 Å². The maximum Gasteiger partial charge on any atom is 0.230 e. The van der Waals surface area contributed by atoms with Crippen LogP contribution in [0.1, 0.15) is 46.8 Å². The van der Waals surface area contributed by atoms with Gasteiger partial charge in [-0.25, -0.2) is 0 Å². The molecule has 0 saturated carbocycles. The van der Waals surface area contributed by atoms with Crippen LogP contribution in [0.4, 0.5) is 10.3 Å². The predicted octanol–water partition coefficient (Wildman–Crippen LogP) is 6.04. The second kappa shape index (κ2) is 14.7. The van der Waals surface area contributed by atoms with Gasteiger partial charge in [0, 0.05) is 25.7 Å². The molecule has 2 heterocycles. The molecule has 0 radical (unpaired) electrons. The molecule has 0 aliphatic carbocycles. The van der Waals surface area contributed by atoms with Crippen molar-refractivity contribution in [3.8, 4) is 0 Å². The molecule has 4 aromatic rings. The van der Waals surface area contributed by atoms with E-state index >= 15 is 0 Å².